The number of hydrogen-bond acceptors (Lipinski definition) is 5. The van der Waals surface area contributed by atoms with E-state index < -0.39 is 10.0 Å². The van der Waals surface area contributed by atoms with Crippen LogP contribution < -0.4 is 15.4 Å². The molecule has 0 aliphatic rings. The number of nitrogens with one attached hydrogen (secondary N) is 1. The van der Waals surface area contributed by atoms with E-state index in [9.17, 15) is 8.42 Å². The summed E-state index contributed by atoms with van der Waals surface area (Å²) in [7, 11) is 0.0951. The van der Waals surface area contributed by atoms with Gasteiger partial charge in [0.15, 0.2) is 0 Å². The molecule has 0 fully saturated rings. The van der Waals surface area contributed by atoms with Gasteiger partial charge in [-0.1, -0.05) is 11.6 Å². The van der Waals surface area contributed by atoms with Crippen molar-refractivity contribution in [3.05, 3.63) is 34.7 Å². The molecule has 0 unspecified atom stereocenters. The second kappa shape index (κ2) is 5.51. The maximum Gasteiger partial charge on any atom is 0.271 e. The first-order chi connectivity index (χ1) is 9.29. The minimum Gasteiger partial charge on any atom is -0.398 e. The molecule has 20 heavy (non-hydrogen) atoms. The Morgan fingerprint density at radius 3 is 2.50 bits per heavy atom. The number of anilines is 3. The summed E-state index contributed by atoms with van der Waals surface area (Å²) in [6.45, 7) is 0. The van der Waals surface area contributed by atoms with E-state index in [0.717, 1.165) is 17.0 Å². The second-order valence-electron chi connectivity index (χ2n) is 4.37. The van der Waals surface area contributed by atoms with Gasteiger partial charge in [0.25, 0.3) is 10.0 Å². The van der Waals surface area contributed by atoms with E-state index in [4.69, 9.17) is 17.3 Å². The van der Waals surface area contributed by atoms with Crippen LogP contribution in [0, 0.1) is 0 Å². The summed E-state index contributed by atoms with van der Waals surface area (Å²) in [6.07, 6.45) is 0. The van der Waals surface area contributed by atoms with Crippen LogP contribution in [0.1, 0.15) is 0 Å². The van der Waals surface area contributed by atoms with Crippen LogP contribution in [0.15, 0.2) is 33.9 Å². The molecule has 0 saturated heterocycles. The lowest BCUT2D eigenvalue weighted by Crippen LogP contribution is -2.12. The first kappa shape index (κ1) is 15.0. The van der Waals surface area contributed by atoms with E-state index in [1.54, 1.807) is 23.6 Å². The van der Waals surface area contributed by atoms with E-state index >= 15 is 0 Å². The van der Waals surface area contributed by atoms with Crippen molar-refractivity contribution in [2.24, 2.45) is 0 Å². The largest absolute Gasteiger partial charge is 0.398 e. The Morgan fingerprint density at radius 1 is 1.30 bits per heavy atom. The zero-order valence-electron chi connectivity index (χ0n) is 10.9. The molecule has 0 radical (unpaired) electrons. The van der Waals surface area contributed by atoms with Crippen LogP contribution in [0.4, 0.5) is 17.1 Å². The van der Waals surface area contributed by atoms with Crippen molar-refractivity contribution >= 4 is 50.0 Å². The number of sulfonamides is 1. The quantitative estimate of drug-likeness (QED) is 0.903. The fourth-order valence-corrected chi connectivity index (χ4v) is 4.09. The number of nitrogens with two attached hydrogens (primary N) is 1. The molecule has 0 saturated carbocycles. The van der Waals surface area contributed by atoms with Gasteiger partial charge in [0, 0.05) is 25.2 Å². The normalized spacial score (nSPS) is 11.3. The summed E-state index contributed by atoms with van der Waals surface area (Å²) in [6, 6.07) is 6.41. The summed E-state index contributed by atoms with van der Waals surface area (Å²) in [5.41, 5.74) is 7.19. The summed E-state index contributed by atoms with van der Waals surface area (Å²) < 4.78 is 26.9. The molecule has 2 rings (SSSR count). The standard InChI is InChI=1S/C12H14ClN3O2S2/c1-16(2)11-4-3-9(6-10(11)13)15-20(17,18)12-5-8(14)7-19-12/h3-7,15H,14H2,1-2H3. The maximum atomic E-state index is 12.1. The Bertz CT molecular complexity index is 726. The van der Waals surface area contributed by atoms with Gasteiger partial charge >= 0.3 is 0 Å². The van der Waals surface area contributed by atoms with Crippen LogP contribution in [0.3, 0.4) is 0 Å². The third-order valence-corrected chi connectivity index (χ3v) is 5.68. The molecule has 0 spiro atoms. The highest BCUT2D eigenvalue weighted by atomic mass is 35.5. The number of nitrogen functional groups attached to an aromatic ring is 1. The van der Waals surface area contributed by atoms with Crippen LogP contribution in [-0.2, 0) is 10.0 Å². The third kappa shape index (κ3) is 3.17. The fourth-order valence-electron chi connectivity index (χ4n) is 1.61. The summed E-state index contributed by atoms with van der Waals surface area (Å²) >= 11 is 7.18. The highest BCUT2D eigenvalue weighted by Gasteiger charge is 2.17. The summed E-state index contributed by atoms with van der Waals surface area (Å²) in [5, 5.41) is 2.05. The molecular weight excluding hydrogens is 318 g/mol. The summed E-state index contributed by atoms with van der Waals surface area (Å²) in [4.78, 5) is 1.85. The number of rotatable bonds is 4. The Hall–Kier alpha value is -1.44. The van der Waals surface area contributed by atoms with Crippen molar-refractivity contribution in [3.8, 4) is 0 Å². The van der Waals surface area contributed by atoms with E-state index in [1.165, 1.54) is 6.07 Å². The zero-order chi connectivity index (χ0) is 14.9. The topological polar surface area (TPSA) is 75.4 Å². The molecule has 0 aliphatic carbocycles. The van der Waals surface area contributed by atoms with Crippen molar-refractivity contribution < 1.29 is 8.42 Å². The molecule has 1 heterocycles. The van der Waals surface area contributed by atoms with E-state index in [1.807, 2.05) is 19.0 Å². The predicted octanol–water partition coefficient (Wildman–Crippen LogP) is 2.85. The van der Waals surface area contributed by atoms with Crippen LogP contribution in [0.5, 0.6) is 0 Å². The molecule has 0 atom stereocenters. The van der Waals surface area contributed by atoms with E-state index in [-0.39, 0.29) is 4.21 Å². The molecule has 108 valence electrons. The number of halogens is 1. The first-order valence-corrected chi connectivity index (χ1v) is 8.37. The van der Waals surface area contributed by atoms with Gasteiger partial charge in [-0.05, 0) is 24.3 Å². The van der Waals surface area contributed by atoms with Gasteiger partial charge in [0.2, 0.25) is 0 Å². The zero-order valence-corrected chi connectivity index (χ0v) is 13.3. The third-order valence-electron chi connectivity index (χ3n) is 2.54. The van der Waals surface area contributed by atoms with Crippen molar-refractivity contribution in [1.29, 1.82) is 0 Å². The molecule has 0 aliphatic heterocycles. The van der Waals surface area contributed by atoms with Gasteiger partial charge in [-0.25, -0.2) is 8.42 Å². The van der Waals surface area contributed by atoms with E-state index in [2.05, 4.69) is 4.72 Å². The molecule has 0 bridgehead atoms. The highest BCUT2D eigenvalue weighted by molar-refractivity contribution is 7.94. The first-order valence-electron chi connectivity index (χ1n) is 5.63. The van der Waals surface area contributed by atoms with Crippen molar-refractivity contribution in [2.45, 2.75) is 4.21 Å². The minimum atomic E-state index is -3.63. The lowest BCUT2D eigenvalue weighted by Gasteiger charge is -2.15. The maximum absolute atomic E-state index is 12.1. The second-order valence-corrected chi connectivity index (χ2v) is 7.59. The molecule has 2 aromatic rings. The van der Waals surface area contributed by atoms with Crippen molar-refractivity contribution in [2.75, 3.05) is 29.5 Å². The number of nitrogens with zero attached hydrogens (tertiary/aromatic N) is 1. The van der Waals surface area contributed by atoms with Crippen LogP contribution >= 0.6 is 22.9 Å². The smallest absolute Gasteiger partial charge is 0.271 e. The minimum absolute atomic E-state index is 0.169. The van der Waals surface area contributed by atoms with Gasteiger partial charge in [0.05, 0.1) is 16.4 Å². The fraction of sp³-hybridized carbons (Fsp3) is 0.167. The Labute approximate surface area is 127 Å². The number of hydrogen-bond donors (Lipinski definition) is 2. The number of thiophene rings is 1. The lowest BCUT2D eigenvalue weighted by atomic mass is 10.3. The monoisotopic (exact) mass is 331 g/mol. The Balaban J connectivity index is 2.28. The molecule has 1 aromatic heterocycles. The molecule has 1 aromatic carbocycles. The van der Waals surface area contributed by atoms with Crippen LogP contribution in [-0.4, -0.2) is 22.5 Å². The Kier molecular flexibility index (Phi) is 4.12. The van der Waals surface area contributed by atoms with Gasteiger partial charge in [-0.2, -0.15) is 0 Å². The van der Waals surface area contributed by atoms with Crippen molar-refractivity contribution in [1.82, 2.24) is 0 Å². The number of benzene rings is 1. The van der Waals surface area contributed by atoms with Gasteiger partial charge in [-0.3, -0.25) is 4.72 Å². The highest BCUT2D eigenvalue weighted by Crippen LogP contribution is 2.29. The van der Waals surface area contributed by atoms with Crippen LogP contribution in [0.2, 0.25) is 5.02 Å². The molecule has 3 N–H and O–H groups in total. The lowest BCUT2D eigenvalue weighted by molar-refractivity contribution is 0.603. The molecule has 0 amide bonds. The van der Waals surface area contributed by atoms with Crippen molar-refractivity contribution in [3.63, 3.8) is 0 Å². The molecule has 8 heteroatoms. The van der Waals surface area contributed by atoms with Gasteiger partial charge in [0.1, 0.15) is 4.21 Å². The van der Waals surface area contributed by atoms with E-state index in [0.29, 0.717) is 16.4 Å². The van der Waals surface area contributed by atoms with Crippen LogP contribution in [0.25, 0.3) is 0 Å². The molecule has 5 nitrogen and oxygen atoms in total. The molecular formula is C12H14ClN3O2S2. The summed E-state index contributed by atoms with van der Waals surface area (Å²) in [5.74, 6) is 0. The van der Waals surface area contributed by atoms with Gasteiger partial charge in [-0.15, -0.1) is 11.3 Å². The predicted molar refractivity (Wildman–Crippen MR) is 85.3 cm³/mol. The average Bonchev–Trinajstić information content (AvgIpc) is 2.75. The SMILES string of the molecule is CN(C)c1ccc(NS(=O)(=O)c2cc(N)cs2)cc1Cl. The van der Waals surface area contributed by atoms with Gasteiger partial charge < -0.3 is 10.6 Å². The Morgan fingerprint density at radius 2 is 2.00 bits per heavy atom. The average molecular weight is 332 g/mol.